The van der Waals surface area contributed by atoms with Crippen LogP contribution in [-0.4, -0.2) is 36.3 Å². The predicted octanol–water partition coefficient (Wildman–Crippen LogP) is 4.04. The molecule has 29 heavy (non-hydrogen) atoms. The number of amides is 1. The van der Waals surface area contributed by atoms with Crippen molar-refractivity contribution in [1.29, 1.82) is 5.41 Å². The third-order valence-electron chi connectivity index (χ3n) is 4.51. The SMILES string of the molecule is C=C(O/C=C(\N)CNC(=O)c1ccc(Cl)s1)c1ccc(C(=N)N2CCCC2)cc1. The quantitative estimate of drug-likeness (QED) is 0.351. The monoisotopic (exact) mass is 430 g/mol. The Morgan fingerprint density at radius 1 is 1.24 bits per heavy atom. The fraction of sp³-hybridized carbons (Fsp3) is 0.238. The molecule has 0 bridgehead atoms. The Morgan fingerprint density at radius 3 is 2.52 bits per heavy atom. The van der Waals surface area contributed by atoms with Crippen molar-refractivity contribution in [1.82, 2.24) is 10.2 Å². The van der Waals surface area contributed by atoms with E-state index in [9.17, 15) is 4.79 Å². The average molecular weight is 431 g/mol. The maximum atomic E-state index is 12.0. The number of rotatable bonds is 7. The smallest absolute Gasteiger partial charge is 0.261 e. The normalized spacial score (nSPS) is 14.0. The first kappa shape index (κ1) is 21.0. The van der Waals surface area contributed by atoms with E-state index in [1.165, 1.54) is 17.6 Å². The highest BCUT2D eigenvalue weighted by Gasteiger charge is 2.16. The number of hydrogen-bond donors (Lipinski definition) is 3. The Labute approximate surface area is 179 Å². The second-order valence-electron chi connectivity index (χ2n) is 6.64. The fourth-order valence-corrected chi connectivity index (χ4v) is 3.86. The summed E-state index contributed by atoms with van der Waals surface area (Å²) in [6.07, 6.45) is 3.64. The van der Waals surface area contributed by atoms with E-state index in [1.807, 2.05) is 24.3 Å². The van der Waals surface area contributed by atoms with E-state index in [2.05, 4.69) is 16.8 Å². The van der Waals surface area contributed by atoms with Gasteiger partial charge in [0, 0.05) is 24.2 Å². The number of thiophene rings is 1. The van der Waals surface area contributed by atoms with Crippen LogP contribution in [0.4, 0.5) is 0 Å². The van der Waals surface area contributed by atoms with Gasteiger partial charge in [-0.2, -0.15) is 0 Å². The van der Waals surface area contributed by atoms with Crippen LogP contribution in [0.5, 0.6) is 0 Å². The zero-order valence-electron chi connectivity index (χ0n) is 15.9. The van der Waals surface area contributed by atoms with Crippen LogP contribution in [0.3, 0.4) is 0 Å². The number of hydrogen-bond acceptors (Lipinski definition) is 5. The molecule has 0 unspecified atom stereocenters. The summed E-state index contributed by atoms with van der Waals surface area (Å²) in [5, 5.41) is 11.0. The summed E-state index contributed by atoms with van der Waals surface area (Å²) in [6, 6.07) is 10.9. The van der Waals surface area contributed by atoms with Crippen molar-refractivity contribution in [3.8, 4) is 0 Å². The minimum Gasteiger partial charge on any atom is -0.463 e. The first-order valence-corrected chi connectivity index (χ1v) is 10.4. The third kappa shape index (κ3) is 5.62. The zero-order valence-corrected chi connectivity index (χ0v) is 17.5. The fourth-order valence-electron chi connectivity index (χ4n) is 2.90. The number of carbonyl (C=O) groups is 1. The molecule has 0 aliphatic carbocycles. The zero-order chi connectivity index (χ0) is 20.8. The highest BCUT2D eigenvalue weighted by atomic mass is 35.5. The molecule has 1 saturated heterocycles. The van der Waals surface area contributed by atoms with Gasteiger partial charge in [-0.1, -0.05) is 42.4 Å². The summed E-state index contributed by atoms with van der Waals surface area (Å²) in [5.74, 6) is 0.740. The lowest BCUT2D eigenvalue weighted by atomic mass is 10.1. The van der Waals surface area contributed by atoms with Gasteiger partial charge in [-0.25, -0.2) is 0 Å². The van der Waals surface area contributed by atoms with E-state index < -0.39 is 0 Å². The van der Waals surface area contributed by atoms with Gasteiger partial charge in [-0.15, -0.1) is 11.3 Å². The second kappa shape index (κ2) is 9.62. The molecular formula is C21H23ClN4O2S. The van der Waals surface area contributed by atoms with E-state index in [1.54, 1.807) is 12.1 Å². The Bertz CT molecular complexity index is 930. The van der Waals surface area contributed by atoms with Crippen molar-refractivity contribution < 1.29 is 9.53 Å². The lowest BCUT2D eigenvalue weighted by Gasteiger charge is -2.18. The van der Waals surface area contributed by atoms with Gasteiger partial charge in [0.25, 0.3) is 5.91 Å². The number of halogens is 1. The van der Waals surface area contributed by atoms with Gasteiger partial charge >= 0.3 is 0 Å². The van der Waals surface area contributed by atoms with Crippen LogP contribution in [0.15, 0.2) is 54.9 Å². The van der Waals surface area contributed by atoms with E-state index in [0.29, 0.717) is 26.5 Å². The topological polar surface area (TPSA) is 91.4 Å². The number of nitrogens with zero attached hydrogens (tertiary/aromatic N) is 1. The number of nitrogens with two attached hydrogens (primary N) is 1. The molecule has 1 aromatic carbocycles. The number of amidine groups is 1. The molecule has 8 heteroatoms. The Kier molecular flexibility index (Phi) is 6.95. The lowest BCUT2D eigenvalue weighted by molar-refractivity contribution is 0.0960. The summed E-state index contributed by atoms with van der Waals surface area (Å²) in [4.78, 5) is 14.6. The Morgan fingerprint density at radius 2 is 1.90 bits per heavy atom. The molecule has 3 rings (SSSR count). The van der Waals surface area contributed by atoms with Crippen molar-refractivity contribution in [3.63, 3.8) is 0 Å². The third-order valence-corrected chi connectivity index (χ3v) is 5.74. The van der Waals surface area contributed by atoms with Crippen LogP contribution in [-0.2, 0) is 4.74 Å². The molecule has 2 heterocycles. The lowest BCUT2D eigenvalue weighted by Crippen LogP contribution is -2.27. The van der Waals surface area contributed by atoms with E-state index in [-0.39, 0.29) is 12.5 Å². The van der Waals surface area contributed by atoms with Crippen LogP contribution in [0.25, 0.3) is 5.76 Å². The van der Waals surface area contributed by atoms with Crippen LogP contribution >= 0.6 is 22.9 Å². The van der Waals surface area contributed by atoms with Crippen molar-refractivity contribution in [2.24, 2.45) is 5.73 Å². The average Bonchev–Trinajstić information content (AvgIpc) is 3.41. The van der Waals surface area contributed by atoms with Gasteiger partial charge in [-0.05, 0) is 25.0 Å². The Hall–Kier alpha value is -2.77. The standard InChI is InChI=1S/C21H23ClN4O2S/c1-14(15-4-6-16(7-5-15)20(24)26-10-2-3-11-26)28-13-17(23)12-25-21(27)18-8-9-19(22)29-18/h4-9,13,24H,1-3,10-12,23H2,(H,25,27)/b17-13-,24-20?. The van der Waals surface area contributed by atoms with Crippen molar-refractivity contribution in [2.45, 2.75) is 12.8 Å². The highest BCUT2D eigenvalue weighted by molar-refractivity contribution is 7.18. The number of nitrogens with one attached hydrogen (secondary N) is 2. The molecule has 4 N–H and O–H groups in total. The van der Waals surface area contributed by atoms with Crippen LogP contribution in [0, 0.1) is 5.41 Å². The molecular weight excluding hydrogens is 408 g/mol. The number of ether oxygens (including phenoxy) is 1. The largest absolute Gasteiger partial charge is 0.463 e. The van der Waals surface area contributed by atoms with E-state index >= 15 is 0 Å². The van der Waals surface area contributed by atoms with Gasteiger partial charge in [0.15, 0.2) is 0 Å². The molecule has 2 aromatic rings. The van der Waals surface area contributed by atoms with Gasteiger partial charge < -0.3 is 20.7 Å². The molecule has 1 aromatic heterocycles. The molecule has 152 valence electrons. The van der Waals surface area contributed by atoms with Gasteiger partial charge in [0.1, 0.15) is 17.9 Å². The van der Waals surface area contributed by atoms with Gasteiger partial charge in [-0.3, -0.25) is 10.2 Å². The van der Waals surface area contributed by atoms with Crippen LogP contribution < -0.4 is 11.1 Å². The predicted molar refractivity (Wildman–Crippen MR) is 118 cm³/mol. The van der Waals surface area contributed by atoms with Crippen molar-refractivity contribution >= 4 is 40.4 Å². The highest BCUT2D eigenvalue weighted by Crippen LogP contribution is 2.21. The summed E-state index contributed by atoms with van der Waals surface area (Å²) in [5.41, 5.74) is 7.91. The maximum absolute atomic E-state index is 12.0. The summed E-state index contributed by atoms with van der Waals surface area (Å²) >= 11 is 7.03. The maximum Gasteiger partial charge on any atom is 0.261 e. The molecule has 1 fully saturated rings. The number of carbonyl (C=O) groups excluding carboxylic acids is 1. The van der Waals surface area contributed by atoms with Crippen LogP contribution in [0.2, 0.25) is 4.34 Å². The minimum atomic E-state index is -0.242. The van der Waals surface area contributed by atoms with Crippen LogP contribution in [0.1, 0.15) is 33.6 Å². The molecule has 0 saturated carbocycles. The van der Waals surface area contributed by atoms with Crippen molar-refractivity contribution in [3.05, 3.63) is 75.3 Å². The molecule has 0 atom stereocenters. The molecule has 1 amide bonds. The molecule has 0 spiro atoms. The van der Waals surface area contributed by atoms with Gasteiger partial charge in [0.2, 0.25) is 0 Å². The van der Waals surface area contributed by atoms with E-state index in [4.69, 9.17) is 27.5 Å². The number of likely N-dealkylation sites (tertiary alicyclic amines) is 1. The summed E-state index contributed by atoms with van der Waals surface area (Å²) < 4.78 is 6.07. The van der Waals surface area contributed by atoms with Gasteiger partial charge in [0.05, 0.1) is 21.5 Å². The summed E-state index contributed by atoms with van der Waals surface area (Å²) in [6.45, 7) is 5.94. The summed E-state index contributed by atoms with van der Waals surface area (Å²) in [7, 11) is 0. The number of benzene rings is 1. The molecule has 1 aliphatic rings. The minimum absolute atomic E-state index is 0.146. The first-order chi connectivity index (χ1) is 13.9. The Balaban J connectivity index is 1.50. The second-order valence-corrected chi connectivity index (χ2v) is 8.36. The van der Waals surface area contributed by atoms with Crippen molar-refractivity contribution in [2.75, 3.05) is 19.6 Å². The first-order valence-electron chi connectivity index (χ1n) is 9.22. The molecule has 1 aliphatic heterocycles. The molecule has 0 radical (unpaired) electrons. The van der Waals surface area contributed by atoms with E-state index in [0.717, 1.165) is 37.1 Å². The molecule has 6 nitrogen and oxygen atoms in total.